The fraction of sp³-hybridized carbons (Fsp3) is 0.585. The van der Waals surface area contributed by atoms with Crippen LogP contribution in [-0.4, -0.2) is 80.4 Å². The van der Waals surface area contributed by atoms with E-state index in [2.05, 4.69) is 21.3 Å². The smallest absolute Gasteiger partial charge is 0.254 e. The van der Waals surface area contributed by atoms with Gasteiger partial charge in [0, 0.05) is 16.2 Å². The monoisotopic (exact) mass is 751 g/mol. The number of hydrogen-bond donors (Lipinski definition) is 5. The van der Waals surface area contributed by atoms with Crippen LogP contribution >= 0.6 is 11.8 Å². The first-order valence-corrected chi connectivity index (χ1v) is 19.3. The molecule has 1 saturated heterocycles. The van der Waals surface area contributed by atoms with E-state index in [0.29, 0.717) is 5.56 Å². The highest BCUT2D eigenvalue weighted by atomic mass is 32.2. The summed E-state index contributed by atoms with van der Waals surface area (Å²) >= 11 is 1.44. The molecule has 0 aromatic heterocycles. The molecule has 0 radical (unpaired) electrons. The van der Waals surface area contributed by atoms with E-state index in [1.165, 1.54) is 16.7 Å². The number of rotatable bonds is 12. The Morgan fingerprint density at radius 1 is 0.792 bits per heavy atom. The van der Waals surface area contributed by atoms with Crippen LogP contribution in [0.4, 0.5) is 0 Å². The lowest BCUT2D eigenvalue weighted by Crippen LogP contribution is -2.62. The van der Waals surface area contributed by atoms with Crippen LogP contribution in [0.2, 0.25) is 0 Å². The lowest BCUT2D eigenvalue weighted by molar-refractivity contribution is -0.148. The maximum Gasteiger partial charge on any atom is 0.254 e. The molecule has 0 aliphatic carbocycles. The van der Waals surface area contributed by atoms with Crippen molar-refractivity contribution in [1.82, 2.24) is 26.2 Å². The van der Waals surface area contributed by atoms with E-state index in [4.69, 9.17) is 0 Å². The van der Waals surface area contributed by atoms with Crippen molar-refractivity contribution >= 4 is 41.3 Å². The van der Waals surface area contributed by atoms with Crippen LogP contribution in [-0.2, 0) is 30.4 Å². The Morgan fingerprint density at radius 3 is 1.85 bits per heavy atom. The summed E-state index contributed by atoms with van der Waals surface area (Å²) in [4.78, 5) is 70.7. The Morgan fingerprint density at radius 2 is 1.34 bits per heavy atom. The molecule has 11 nitrogen and oxygen atoms in total. The van der Waals surface area contributed by atoms with E-state index in [1.807, 2.05) is 71.9 Å². The van der Waals surface area contributed by atoms with Crippen LogP contribution in [0.15, 0.2) is 60.7 Å². The molecular weight excluding hydrogens is 691 g/mol. The Hall–Kier alpha value is -3.90. The zero-order chi connectivity index (χ0) is 40.1. The molecule has 2 aromatic carbocycles. The van der Waals surface area contributed by atoms with Gasteiger partial charge in [-0.05, 0) is 49.1 Å². The van der Waals surface area contributed by atoms with Crippen molar-refractivity contribution in [2.45, 2.75) is 131 Å². The van der Waals surface area contributed by atoms with Crippen LogP contribution in [0.1, 0.15) is 100 Å². The molecule has 6 atom stereocenters. The number of hydrogen-bond acceptors (Lipinski definition) is 7. The van der Waals surface area contributed by atoms with Crippen molar-refractivity contribution in [3.8, 4) is 0 Å². The summed E-state index contributed by atoms with van der Waals surface area (Å²) in [7, 11) is 0. The number of nitrogens with zero attached hydrogens (tertiary/aromatic N) is 1. The first kappa shape index (κ1) is 43.5. The maximum absolute atomic E-state index is 14.3. The SMILES string of the molecule is CC(NC(=O)[C@H]1N(C(=O)[C@@H](O)[C@H](Cc2ccccc2)NC(=O)[C@@H](NC(=O)[C@@H](NC(=O)C(C)(C)C)c2ccccc2)C(C)(C)C)CSC1(C)C)C(C)(C)C. The topological polar surface area (TPSA) is 157 Å². The molecule has 12 heteroatoms. The number of amides is 5. The number of thioether (sulfide) groups is 1. The van der Waals surface area contributed by atoms with Crippen LogP contribution in [0.5, 0.6) is 0 Å². The molecule has 5 N–H and O–H groups in total. The minimum atomic E-state index is -1.72. The maximum atomic E-state index is 14.3. The highest BCUT2D eigenvalue weighted by Gasteiger charge is 2.50. The van der Waals surface area contributed by atoms with Gasteiger partial charge in [-0.15, -0.1) is 11.8 Å². The van der Waals surface area contributed by atoms with Crippen LogP contribution in [0.25, 0.3) is 0 Å². The second kappa shape index (κ2) is 17.1. The predicted octanol–water partition coefficient (Wildman–Crippen LogP) is 4.74. The zero-order valence-electron chi connectivity index (χ0n) is 33.5. The van der Waals surface area contributed by atoms with Crippen LogP contribution < -0.4 is 21.3 Å². The summed E-state index contributed by atoms with van der Waals surface area (Å²) in [5.41, 5.74) is -0.526. The molecular formula is C41H61N5O6S. The zero-order valence-corrected chi connectivity index (χ0v) is 34.3. The van der Waals surface area contributed by atoms with Gasteiger partial charge in [-0.1, -0.05) is 123 Å². The number of carbonyl (C=O) groups is 5. The first-order valence-electron chi connectivity index (χ1n) is 18.3. The summed E-state index contributed by atoms with van der Waals surface area (Å²) in [6.45, 7) is 22.4. The van der Waals surface area contributed by atoms with Crippen molar-refractivity contribution in [2.24, 2.45) is 16.2 Å². The van der Waals surface area contributed by atoms with E-state index in [1.54, 1.807) is 71.9 Å². The molecule has 0 spiro atoms. The fourth-order valence-corrected chi connectivity index (χ4v) is 6.97. The third kappa shape index (κ3) is 11.5. The molecule has 53 heavy (non-hydrogen) atoms. The van der Waals surface area contributed by atoms with Crippen LogP contribution in [0.3, 0.4) is 0 Å². The van der Waals surface area contributed by atoms with E-state index in [-0.39, 0.29) is 35.6 Å². The van der Waals surface area contributed by atoms with Gasteiger partial charge in [0.1, 0.15) is 18.1 Å². The van der Waals surface area contributed by atoms with E-state index >= 15 is 0 Å². The summed E-state index contributed by atoms with van der Waals surface area (Å²) in [6.07, 6.45) is -1.62. The molecule has 0 bridgehead atoms. The number of aliphatic hydroxyl groups excluding tert-OH is 1. The normalized spacial score (nSPS) is 18.9. The summed E-state index contributed by atoms with van der Waals surface area (Å²) in [6, 6.07) is 13.6. The van der Waals surface area contributed by atoms with Gasteiger partial charge in [0.05, 0.1) is 11.9 Å². The van der Waals surface area contributed by atoms with Gasteiger partial charge in [-0.2, -0.15) is 0 Å². The van der Waals surface area contributed by atoms with E-state index < -0.39 is 63.6 Å². The summed E-state index contributed by atoms with van der Waals surface area (Å²) in [5.74, 6) is -2.36. The first-order chi connectivity index (χ1) is 24.3. The van der Waals surface area contributed by atoms with Crippen molar-refractivity contribution in [3.05, 3.63) is 71.8 Å². The standard InChI is InChI=1S/C41H61N5O6S/c1-25(38(2,3)4)42-35(50)32-41(11,12)53-24-46(32)36(51)30(47)28(23-26-19-15-13-16-20-26)43-34(49)31(39(5,6)7)45-33(48)29(27-21-17-14-18-22-27)44-37(52)40(8,9)10/h13-22,25,28-32,47H,23-24H2,1-12H3,(H,42,50)(H,43,49)(H,44,52)(H,45,48)/t25?,28-,29-,30-,31+,32+/m0/s1. The van der Waals surface area contributed by atoms with Crippen molar-refractivity contribution in [3.63, 3.8) is 0 Å². The number of benzene rings is 2. The van der Waals surface area contributed by atoms with E-state index in [9.17, 15) is 29.1 Å². The third-order valence-corrected chi connectivity index (χ3v) is 11.1. The van der Waals surface area contributed by atoms with Crippen molar-refractivity contribution < 1.29 is 29.1 Å². The minimum absolute atomic E-state index is 0.0981. The summed E-state index contributed by atoms with van der Waals surface area (Å²) in [5, 5.41) is 23.5. The highest BCUT2D eigenvalue weighted by molar-refractivity contribution is 8.00. The molecule has 1 aliphatic heterocycles. The molecule has 3 rings (SSSR count). The highest BCUT2D eigenvalue weighted by Crippen LogP contribution is 2.40. The van der Waals surface area contributed by atoms with Gasteiger partial charge >= 0.3 is 0 Å². The quantitative estimate of drug-likeness (QED) is 0.210. The molecule has 2 aromatic rings. The second-order valence-electron chi connectivity index (χ2n) is 17.8. The van der Waals surface area contributed by atoms with Crippen molar-refractivity contribution in [2.75, 3.05) is 5.88 Å². The van der Waals surface area contributed by atoms with Gasteiger partial charge in [-0.25, -0.2) is 0 Å². The fourth-order valence-electron chi connectivity index (χ4n) is 5.83. The van der Waals surface area contributed by atoms with E-state index in [0.717, 1.165) is 5.56 Å². The Balaban J connectivity index is 1.94. The lowest BCUT2D eigenvalue weighted by Gasteiger charge is -2.37. The molecule has 0 saturated carbocycles. The van der Waals surface area contributed by atoms with Crippen molar-refractivity contribution in [1.29, 1.82) is 0 Å². The lowest BCUT2D eigenvalue weighted by atomic mass is 9.85. The molecule has 1 unspecified atom stereocenters. The van der Waals surface area contributed by atoms with Gasteiger partial charge in [0.2, 0.25) is 23.6 Å². The Kier molecular flexibility index (Phi) is 14.0. The predicted molar refractivity (Wildman–Crippen MR) is 210 cm³/mol. The minimum Gasteiger partial charge on any atom is -0.381 e. The average molecular weight is 752 g/mol. The Labute approximate surface area is 320 Å². The largest absolute Gasteiger partial charge is 0.381 e. The molecule has 1 heterocycles. The second-order valence-corrected chi connectivity index (χ2v) is 19.4. The number of carbonyl (C=O) groups excluding carboxylic acids is 5. The molecule has 1 aliphatic rings. The molecule has 5 amide bonds. The van der Waals surface area contributed by atoms with Gasteiger partial charge in [0.25, 0.3) is 5.91 Å². The average Bonchev–Trinajstić information content (AvgIpc) is 3.38. The molecule has 1 fully saturated rings. The van der Waals surface area contributed by atoms with Gasteiger partial charge in [-0.3, -0.25) is 24.0 Å². The van der Waals surface area contributed by atoms with Gasteiger partial charge < -0.3 is 31.3 Å². The number of nitrogens with one attached hydrogen (secondary N) is 4. The summed E-state index contributed by atoms with van der Waals surface area (Å²) < 4.78 is -0.644. The molecule has 292 valence electrons. The van der Waals surface area contributed by atoms with Gasteiger partial charge in [0.15, 0.2) is 6.10 Å². The Bertz CT molecular complexity index is 1600. The third-order valence-electron chi connectivity index (χ3n) is 9.76. The van der Waals surface area contributed by atoms with Crippen LogP contribution in [0, 0.1) is 16.2 Å². The number of aliphatic hydroxyl groups is 1.